The highest BCUT2D eigenvalue weighted by atomic mass is 35.5. The second-order valence-corrected chi connectivity index (χ2v) is 5.01. The van der Waals surface area contributed by atoms with Gasteiger partial charge in [-0.15, -0.1) is 0 Å². The quantitative estimate of drug-likeness (QED) is 0.818. The Kier molecular flexibility index (Phi) is 5.61. The van der Waals surface area contributed by atoms with Gasteiger partial charge in [0, 0.05) is 16.8 Å². The molecule has 6 heteroatoms. The minimum atomic E-state index is -0.361. The van der Waals surface area contributed by atoms with Gasteiger partial charge in [-0.05, 0) is 36.8 Å². The fraction of sp³-hybridized carbons (Fsp3) is 0.188. The molecular formula is C16H16ClFN2O2. The molecule has 0 radical (unpaired) electrons. The zero-order valence-electron chi connectivity index (χ0n) is 12.0. The van der Waals surface area contributed by atoms with Gasteiger partial charge in [0.25, 0.3) is 0 Å². The summed E-state index contributed by atoms with van der Waals surface area (Å²) in [4.78, 5) is 11.8. The zero-order valence-corrected chi connectivity index (χ0v) is 12.8. The van der Waals surface area contributed by atoms with Crippen LogP contribution in [0.4, 0.5) is 14.9 Å². The Morgan fingerprint density at radius 1 is 1.27 bits per heavy atom. The standard InChI is InChI=1S/C16H16ClFN2O2/c1-11-14(17)6-3-7-15(11)20-16(21)19-8-9-22-13-5-2-4-12(18)10-13/h2-7,10H,8-9H2,1H3,(H2,19,20,21). The Hall–Kier alpha value is -2.27. The largest absolute Gasteiger partial charge is 0.492 e. The van der Waals surface area contributed by atoms with Crippen LogP contribution in [0.1, 0.15) is 5.56 Å². The van der Waals surface area contributed by atoms with E-state index in [1.165, 1.54) is 12.1 Å². The van der Waals surface area contributed by atoms with Crippen LogP contribution in [-0.4, -0.2) is 19.2 Å². The van der Waals surface area contributed by atoms with E-state index >= 15 is 0 Å². The molecule has 0 saturated heterocycles. The minimum Gasteiger partial charge on any atom is -0.492 e. The Labute approximate surface area is 133 Å². The first-order valence-corrected chi connectivity index (χ1v) is 7.12. The van der Waals surface area contributed by atoms with Crippen molar-refractivity contribution in [3.63, 3.8) is 0 Å². The van der Waals surface area contributed by atoms with Crippen molar-refractivity contribution in [3.8, 4) is 5.75 Å². The Morgan fingerprint density at radius 3 is 2.82 bits per heavy atom. The van der Waals surface area contributed by atoms with E-state index in [1.54, 1.807) is 30.3 Å². The maximum absolute atomic E-state index is 12.9. The average molecular weight is 323 g/mol. The molecule has 116 valence electrons. The van der Waals surface area contributed by atoms with E-state index < -0.39 is 0 Å². The Bertz CT molecular complexity index is 664. The molecule has 0 aliphatic heterocycles. The number of rotatable bonds is 5. The van der Waals surface area contributed by atoms with Crippen molar-refractivity contribution < 1.29 is 13.9 Å². The van der Waals surface area contributed by atoms with Gasteiger partial charge in [-0.3, -0.25) is 0 Å². The van der Waals surface area contributed by atoms with Gasteiger partial charge in [0.05, 0.1) is 6.54 Å². The molecule has 0 fully saturated rings. The highest BCUT2D eigenvalue weighted by molar-refractivity contribution is 6.31. The first-order valence-electron chi connectivity index (χ1n) is 6.74. The topological polar surface area (TPSA) is 50.4 Å². The number of amides is 2. The number of hydrogen-bond donors (Lipinski definition) is 2. The summed E-state index contributed by atoms with van der Waals surface area (Å²) < 4.78 is 18.3. The minimum absolute atomic E-state index is 0.241. The predicted molar refractivity (Wildman–Crippen MR) is 85.1 cm³/mol. The molecule has 22 heavy (non-hydrogen) atoms. The van der Waals surface area contributed by atoms with Gasteiger partial charge in [0.2, 0.25) is 0 Å². The number of carbonyl (C=O) groups excluding carboxylic acids is 1. The summed E-state index contributed by atoms with van der Waals surface area (Å²) in [5.74, 6) is 0.0625. The lowest BCUT2D eigenvalue weighted by Crippen LogP contribution is -2.32. The van der Waals surface area contributed by atoms with E-state index in [0.29, 0.717) is 23.0 Å². The lowest BCUT2D eigenvalue weighted by Gasteiger charge is -2.11. The van der Waals surface area contributed by atoms with E-state index in [9.17, 15) is 9.18 Å². The van der Waals surface area contributed by atoms with E-state index in [1.807, 2.05) is 6.92 Å². The van der Waals surface area contributed by atoms with Crippen LogP contribution < -0.4 is 15.4 Å². The molecule has 2 rings (SSSR count). The predicted octanol–water partition coefficient (Wildman–Crippen LogP) is 3.99. The molecule has 0 saturated carbocycles. The Morgan fingerprint density at radius 2 is 2.05 bits per heavy atom. The summed E-state index contributed by atoms with van der Waals surface area (Å²) in [5.41, 5.74) is 1.45. The summed E-state index contributed by atoms with van der Waals surface area (Å²) >= 11 is 5.98. The van der Waals surface area contributed by atoms with Crippen molar-refractivity contribution in [2.24, 2.45) is 0 Å². The molecule has 2 N–H and O–H groups in total. The summed E-state index contributed by atoms with van der Waals surface area (Å²) in [6, 6.07) is 10.8. The molecule has 0 aliphatic carbocycles. The molecule has 0 spiro atoms. The second kappa shape index (κ2) is 7.66. The monoisotopic (exact) mass is 322 g/mol. The third kappa shape index (κ3) is 4.63. The summed E-state index contributed by atoms with van der Waals surface area (Å²) in [5, 5.41) is 5.95. The normalized spacial score (nSPS) is 10.1. The molecule has 2 amide bonds. The van der Waals surface area contributed by atoms with Gasteiger partial charge < -0.3 is 15.4 Å². The fourth-order valence-corrected chi connectivity index (χ4v) is 1.97. The molecule has 2 aromatic rings. The van der Waals surface area contributed by atoms with Crippen LogP contribution in [0.2, 0.25) is 5.02 Å². The first kappa shape index (κ1) is 16.1. The molecule has 0 heterocycles. The van der Waals surface area contributed by atoms with Gasteiger partial charge in [-0.2, -0.15) is 0 Å². The highest BCUT2D eigenvalue weighted by Gasteiger charge is 2.06. The van der Waals surface area contributed by atoms with Crippen molar-refractivity contribution >= 4 is 23.3 Å². The Balaban J connectivity index is 1.75. The van der Waals surface area contributed by atoms with Crippen molar-refractivity contribution in [3.05, 3.63) is 58.9 Å². The number of carbonyl (C=O) groups is 1. The van der Waals surface area contributed by atoms with Crippen molar-refractivity contribution in [2.45, 2.75) is 6.92 Å². The van der Waals surface area contributed by atoms with Crippen LogP contribution in [0, 0.1) is 12.7 Å². The van der Waals surface area contributed by atoms with Crippen molar-refractivity contribution in [2.75, 3.05) is 18.5 Å². The van der Waals surface area contributed by atoms with Crippen LogP contribution in [0.3, 0.4) is 0 Å². The zero-order chi connectivity index (χ0) is 15.9. The fourth-order valence-electron chi connectivity index (χ4n) is 1.80. The van der Waals surface area contributed by atoms with E-state index in [4.69, 9.17) is 16.3 Å². The van der Waals surface area contributed by atoms with Crippen LogP contribution in [-0.2, 0) is 0 Å². The summed E-state index contributed by atoms with van der Waals surface area (Å²) in [6.07, 6.45) is 0. The first-order chi connectivity index (χ1) is 10.6. The number of hydrogen-bond acceptors (Lipinski definition) is 2. The van der Waals surface area contributed by atoms with Gasteiger partial charge in [0.15, 0.2) is 0 Å². The molecule has 4 nitrogen and oxygen atoms in total. The number of halogens is 2. The lowest BCUT2D eigenvalue weighted by molar-refractivity contribution is 0.247. The number of nitrogens with one attached hydrogen (secondary N) is 2. The van der Waals surface area contributed by atoms with E-state index in [2.05, 4.69) is 10.6 Å². The SMILES string of the molecule is Cc1c(Cl)cccc1NC(=O)NCCOc1cccc(F)c1. The number of anilines is 1. The molecule has 0 bridgehead atoms. The molecular weight excluding hydrogens is 307 g/mol. The van der Waals surface area contributed by atoms with Gasteiger partial charge in [0.1, 0.15) is 18.2 Å². The van der Waals surface area contributed by atoms with Gasteiger partial charge in [-0.25, -0.2) is 9.18 Å². The van der Waals surface area contributed by atoms with Gasteiger partial charge in [-0.1, -0.05) is 23.7 Å². The smallest absolute Gasteiger partial charge is 0.319 e. The van der Waals surface area contributed by atoms with Crippen molar-refractivity contribution in [1.29, 1.82) is 0 Å². The van der Waals surface area contributed by atoms with Crippen LogP contribution in [0.5, 0.6) is 5.75 Å². The summed E-state index contributed by atoms with van der Waals surface area (Å²) in [7, 11) is 0. The molecule has 0 aliphatic rings. The van der Waals surface area contributed by atoms with E-state index in [0.717, 1.165) is 5.56 Å². The molecule has 0 atom stereocenters. The van der Waals surface area contributed by atoms with Crippen molar-refractivity contribution in [1.82, 2.24) is 5.32 Å². The molecule has 2 aromatic carbocycles. The van der Waals surface area contributed by atoms with Gasteiger partial charge >= 0.3 is 6.03 Å². The number of benzene rings is 2. The third-order valence-electron chi connectivity index (χ3n) is 2.97. The van der Waals surface area contributed by atoms with Crippen LogP contribution in [0.15, 0.2) is 42.5 Å². The van der Waals surface area contributed by atoms with Crippen LogP contribution >= 0.6 is 11.6 Å². The maximum Gasteiger partial charge on any atom is 0.319 e. The molecule has 0 aromatic heterocycles. The molecule has 0 unspecified atom stereocenters. The van der Waals surface area contributed by atoms with E-state index in [-0.39, 0.29) is 18.5 Å². The second-order valence-electron chi connectivity index (χ2n) is 4.60. The van der Waals surface area contributed by atoms with Crippen LogP contribution in [0.25, 0.3) is 0 Å². The third-order valence-corrected chi connectivity index (χ3v) is 3.38. The maximum atomic E-state index is 12.9. The summed E-state index contributed by atoms with van der Waals surface area (Å²) in [6.45, 7) is 2.36. The number of urea groups is 1. The highest BCUT2D eigenvalue weighted by Crippen LogP contribution is 2.22. The average Bonchev–Trinajstić information content (AvgIpc) is 2.49. The lowest BCUT2D eigenvalue weighted by atomic mass is 10.2. The number of ether oxygens (including phenoxy) is 1.